The molecule has 1 heterocycles. The molecule has 0 saturated heterocycles. The second-order valence-corrected chi connectivity index (χ2v) is 11.3. The molecular formula is C37H56AgN2O2. The molecule has 0 amide bonds. The molecule has 0 bridgehead atoms. The molecule has 1 radical (unpaired) electrons. The zero-order valence-electron chi connectivity index (χ0n) is 27.7. The molecule has 0 aliphatic carbocycles. The largest absolute Gasteiger partial charge is 1.00 e. The van der Waals surface area contributed by atoms with Crippen molar-refractivity contribution < 1.29 is 32.3 Å². The summed E-state index contributed by atoms with van der Waals surface area (Å²) in [4.78, 5) is 13.8. The van der Waals surface area contributed by atoms with Gasteiger partial charge < -0.3 is 19.7 Å². The van der Waals surface area contributed by atoms with Gasteiger partial charge in [0.25, 0.3) is 0 Å². The van der Waals surface area contributed by atoms with Gasteiger partial charge in [-0.3, -0.25) is 0 Å². The van der Waals surface area contributed by atoms with Gasteiger partial charge in [0.15, 0.2) is 6.67 Å². The Hall–Kier alpha value is -2.01. The number of hydrogen-bond acceptors (Lipinski definition) is 4. The van der Waals surface area contributed by atoms with Gasteiger partial charge in [-0.1, -0.05) is 91.8 Å². The molecule has 0 N–H and O–H groups in total. The van der Waals surface area contributed by atoms with E-state index in [1.54, 1.807) is 0 Å². The Morgan fingerprint density at radius 2 is 0.786 bits per heavy atom. The van der Waals surface area contributed by atoms with Crippen LogP contribution in [0.2, 0.25) is 0 Å². The number of hydrogen-bond donors (Lipinski definition) is 0. The fraction of sp³-hybridized carbons (Fsp3) is 0.568. The first-order chi connectivity index (χ1) is 19.8. The number of rotatable bonds is 14. The molecule has 1 aliphatic rings. The summed E-state index contributed by atoms with van der Waals surface area (Å²) < 4.78 is 0. The fourth-order valence-corrected chi connectivity index (χ4v) is 6.61. The number of carboxylic acids is 1. The Kier molecular flexibility index (Phi) is 17.5. The van der Waals surface area contributed by atoms with E-state index < -0.39 is 5.97 Å². The number of anilines is 2. The van der Waals surface area contributed by atoms with Crippen LogP contribution in [-0.4, -0.2) is 5.97 Å². The minimum absolute atomic E-state index is 0. The summed E-state index contributed by atoms with van der Waals surface area (Å²) in [6, 6.07) is 14.1. The molecule has 1 aliphatic heterocycles. The molecule has 4 nitrogen and oxygen atoms in total. The first-order valence-corrected chi connectivity index (χ1v) is 16.3. The van der Waals surface area contributed by atoms with Gasteiger partial charge in [0.05, 0.1) is 0 Å². The van der Waals surface area contributed by atoms with Crippen LogP contribution in [0.3, 0.4) is 0 Å². The van der Waals surface area contributed by atoms with Crippen LogP contribution in [0.15, 0.2) is 48.8 Å². The Labute approximate surface area is 273 Å². The van der Waals surface area contributed by atoms with Crippen molar-refractivity contribution in [3.05, 3.63) is 77.7 Å². The maximum absolute atomic E-state index is 8.89. The van der Waals surface area contributed by atoms with E-state index in [1.807, 2.05) is 0 Å². The van der Waals surface area contributed by atoms with Gasteiger partial charge in [-0.25, -0.2) is 0 Å². The molecule has 0 atom stereocenters. The predicted molar refractivity (Wildman–Crippen MR) is 175 cm³/mol. The van der Waals surface area contributed by atoms with Crippen LogP contribution >= 0.6 is 0 Å². The summed E-state index contributed by atoms with van der Waals surface area (Å²) in [7, 11) is 0. The third-order valence-electron chi connectivity index (χ3n) is 9.05. The molecule has 0 unspecified atom stereocenters. The fourth-order valence-electron chi connectivity index (χ4n) is 6.61. The van der Waals surface area contributed by atoms with Crippen LogP contribution in [0.4, 0.5) is 11.4 Å². The van der Waals surface area contributed by atoms with Gasteiger partial charge in [0, 0.05) is 29.7 Å². The van der Waals surface area contributed by atoms with Crippen molar-refractivity contribution in [2.24, 2.45) is 0 Å². The quantitative estimate of drug-likeness (QED) is 0.188. The van der Waals surface area contributed by atoms with E-state index in [-0.39, 0.29) is 22.4 Å². The van der Waals surface area contributed by atoms with Crippen molar-refractivity contribution in [3.63, 3.8) is 0 Å². The molecule has 5 heteroatoms. The molecule has 0 fully saturated rings. The molecule has 42 heavy (non-hydrogen) atoms. The Balaban J connectivity index is 0.00000165. The predicted octanol–water partition coefficient (Wildman–Crippen LogP) is 9.97. The first kappa shape index (κ1) is 38.0. The number of nitrogens with zero attached hydrogens (tertiary/aromatic N) is 2. The third kappa shape index (κ3) is 9.24. The number of carboxylic acid groups (broad SMARTS) is 1. The SMILES string of the molecule is CC(=O)[O-].CCC(CC)c1cccc(C(CC)CC)c1N1[CH]N(c2c(C(CC)CC)cccc2C(CC)CC)C=C1.[Ag+]. The van der Waals surface area contributed by atoms with Gasteiger partial charge in [-0.05, 0) is 104 Å². The minimum Gasteiger partial charge on any atom is -0.550 e. The van der Waals surface area contributed by atoms with Gasteiger partial charge in [-0.2, -0.15) is 0 Å². The number of carbonyl (C=O) groups excluding carboxylic acids is 1. The molecular weight excluding hydrogens is 612 g/mol. The minimum atomic E-state index is -1.08. The summed E-state index contributed by atoms with van der Waals surface area (Å²) in [5.41, 5.74) is 8.87. The zero-order valence-corrected chi connectivity index (χ0v) is 29.2. The van der Waals surface area contributed by atoms with Crippen LogP contribution < -0.4 is 14.9 Å². The Morgan fingerprint density at radius 3 is 0.976 bits per heavy atom. The van der Waals surface area contributed by atoms with Crippen molar-refractivity contribution >= 4 is 17.3 Å². The van der Waals surface area contributed by atoms with E-state index in [0.29, 0.717) is 23.7 Å². The summed E-state index contributed by atoms with van der Waals surface area (Å²) in [6.45, 7) is 22.1. The monoisotopic (exact) mass is 667 g/mol. The molecule has 2 aromatic rings. The van der Waals surface area contributed by atoms with Gasteiger partial charge in [-0.15, -0.1) is 0 Å². The Bertz CT molecular complexity index is 955. The van der Waals surface area contributed by atoms with Crippen molar-refractivity contribution in [1.29, 1.82) is 0 Å². The zero-order chi connectivity index (χ0) is 30.5. The van der Waals surface area contributed by atoms with Crippen molar-refractivity contribution in [2.75, 3.05) is 9.80 Å². The van der Waals surface area contributed by atoms with Gasteiger partial charge in [0.1, 0.15) is 0 Å². The van der Waals surface area contributed by atoms with Crippen LogP contribution in [0.1, 0.15) is 160 Å². The molecule has 237 valence electrons. The number of carbonyl (C=O) groups is 1. The Morgan fingerprint density at radius 1 is 0.571 bits per heavy atom. The molecule has 2 aromatic carbocycles. The molecule has 0 saturated carbocycles. The van der Waals surface area contributed by atoms with Crippen molar-refractivity contribution in [3.8, 4) is 0 Å². The van der Waals surface area contributed by atoms with Crippen LogP contribution in [0.25, 0.3) is 0 Å². The van der Waals surface area contributed by atoms with Crippen LogP contribution in [-0.2, 0) is 27.2 Å². The molecule has 3 rings (SSSR count). The maximum atomic E-state index is 8.89. The van der Waals surface area contributed by atoms with E-state index in [0.717, 1.165) is 6.92 Å². The standard InChI is InChI=1S/C35H53N2.C2H4O2.Ag/c1-9-26(10-2)30-19-17-20-31(27(11-3)12-4)34(30)36-23-24-37(25-36)35-32(28(13-5)14-6)21-18-22-33(35)29(15-7)16-8;1-2(3)4;/h17-29H,9-16H2,1-8H3;1H3,(H,3,4);/q;;+1/p-1. The second kappa shape index (κ2) is 19.3. The van der Waals surface area contributed by atoms with E-state index in [1.165, 1.54) is 85.0 Å². The smallest absolute Gasteiger partial charge is 0.550 e. The molecule has 0 aromatic heterocycles. The van der Waals surface area contributed by atoms with E-state index in [9.17, 15) is 0 Å². The summed E-state index contributed by atoms with van der Waals surface area (Å²) >= 11 is 0. The first-order valence-electron chi connectivity index (χ1n) is 16.3. The van der Waals surface area contributed by atoms with Crippen LogP contribution in [0, 0.1) is 6.67 Å². The summed E-state index contributed by atoms with van der Waals surface area (Å²) in [6.07, 6.45) is 14.0. The summed E-state index contributed by atoms with van der Waals surface area (Å²) in [5, 5.41) is 8.89. The van der Waals surface area contributed by atoms with E-state index in [4.69, 9.17) is 9.90 Å². The van der Waals surface area contributed by atoms with Gasteiger partial charge in [0.2, 0.25) is 0 Å². The number of aliphatic carboxylic acids is 1. The normalized spacial score (nSPS) is 12.8. The second-order valence-electron chi connectivity index (χ2n) is 11.3. The summed E-state index contributed by atoms with van der Waals surface area (Å²) in [5.74, 6) is 1.24. The molecule has 0 spiro atoms. The average molecular weight is 669 g/mol. The number of benzene rings is 2. The number of para-hydroxylation sites is 2. The van der Waals surface area contributed by atoms with E-state index >= 15 is 0 Å². The maximum Gasteiger partial charge on any atom is 1.00 e. The van der Waals surface area contributed by atoms with Gasteiger partial charge >= 0.3 is 22.4 Å². The van der Waals surface area contributed by atoms with Crippen LogP contribution in [0.5, 0.6) is 0 Å². The third-order valence-corrected chi connectivity index (χ3v) is 9.05. The van der Waals surface area contributed by atoms with Crippen molar-refractivity contribution in [2.45, 2.75) is 137 Å². The topological polar surface area (TPSA) is 46.6 Å². The average Bonchev–Trinajstić information content (AvgIpc) is 3.45. The van der Waals surface area contributed by atoms with E-state index in [2.05, 4.69) is 121 Å². The van der Waals surface area contributed by atoms with Crippen molar-refractivity contribution in [1.82, 2.24) is 0 Å².